The molecular weight excluding hydrogens is 328 g/mol. The summed E-state index contributed by atoms with van der Waals surface area (Å²) in [7, 11) is -0.509. The topological polar surface area (TPSA) is 66.0 Å². The molecule has 0 atom stereocenters. The lowest BCUT2D eigenvalue weighted by molar-refractivity contribution is 0.0814. The third-order valence-electron chi connectivity index (χ3n) is 2.64. The van der Waals surface area contributed by atoms with Crippen molar-refractivity contribution in [3.63, 3.8) is 0 Å². The van der Waals surface area contributed by atoms with Crippen LogP contribution in [0.25, 0.3) is 10.9 Å². The van der Waals surface area contributed by atoms with Crippen molar-refractivity contribution in [3.8, 4) is 0 Å². The van der Waals surface area contributed by atoms with E-state index in [0.717, 1.165) is 27.7 Å². The van der Waals surface area contributed by atoms with Crippen LogP contribution in [-0.4, -0.2) is 45.9 Å². The summed E-state index contributed by atoms with van der Waals surface area (Å²) in [6.45, 7) is 1.19. The van der Waals surface area contributed by atoms with Crippen molar-refractivity contribution in [2.75, 3.05) is 36.9 Å². The number of fused-ring (bicyclic) bond motifs is 1. The first kappa shape index (κ1) is 14.6. The highest BCUT2D eigenvalue weighted by molar-refractivity contribution is 9.10. The van der Waals surface area contributed by atoms with Crippen LogP contribution in [0.2, 0.25) is 0 Å². The second-order valence-electron chi connectivity index (χ2n) is 5.25. The van der Waals surface area contributed by atoms with Gasteiger partial charge in [-0.25, -0.2) is 19.7 Å². The third-order valence-corrected chi connectivity index (χ3v) is 4.62. The Morgan fingerprint density at radius 3 is 2.79 bits per heavy atom. The minimum absolute atomic E-state index is 0.441. The molecule has 0 spiro atoms. The molecule has 0 aliphatic heterocycles. The summed E-state index contributed by atoms with van der Waals surface area (Å²) in [5, 5.41) is 5.29. The maximum atomic E-state index is 5.83. The van der Waals surface area contributed by atoms with E-state index < -0.39 is 10.0 Å². The Morgan fingerprint density at radius 2 is 2.16 bits per heavy atom. The number of nitrogens with two attached hydrogens (primary N) is 1. The van der Waals surface area contributed by atoms with Crippen LogP contribution in [0.1, 0.15) is 0 Å². The SMILES string of the molecule is CS(C)(C)CCOCn1cc2c(N)ncc(Br)c2n1. The molecular formula is C12H19BrN4OS. The number of hydrogen-bond donors (Lipinski definition) is 1. The molecule has 0 unspecified atom stereocenters. The van der Waals surface area contributed by atoms with Crippen LogP contribution < -0.4 is 5.73 Å². The van der Waals surface area contributed by atoms with E-state index in [9.17, 15) is 0 Å². The lowest BCUT2D eigenvalue weighted by Gasteiger charge is -2.24. The molecule has 0 saturated carbocycles. The van der Waals surface area contributed by atoms with Gasteiger partial charge in [0.15, 0.2) is 0 Å². The van der Waals surface area contributed by atoms with Gasteiger partial charge in [-0.1, -0.05) is 0 Å². The molecule has 2 N–H and O–H groups in total. The predicted octanol–water partition coefficient (Wildman–Crippen LogP) is 2.44. The van der Waals surface area contributed by atoms with Crippen molar-refractivity contribution in [2.45, 2.75) is 6.73 Å². The fraction of sp³-hybridized carbons (Fsp3) is 0.500. The van der Waals surface area contributed by atoms with Crippen LogP contribution in [-0.2, 0) is 11.5 Å². The fourth-order valence-corrected chi connectivity index (χ4v) is 2.59. The molecule has 0 radical (unpaired) electrons. The predicted molar refractivity (Wildman–Crippen MR) is 85.8 cm³/mol. The van der Waals surface area contributed by atoms with Crippen LogP contribution in [0.4, 0.5) is 5.82 Å². The van der Waals surface area contributed by atoms with Gasteiger partial charge in [0, 0.05) is 18.1 Å². The van der Waals surface area contributed by atoms with Gasteiger partial charge < -0.3 is 10.5 Å². The van der Waals surface area contributed by atoms with E-state index in [1.807, 2.05) is 6.20 Å². The molecule has 106 valence electrons. The third kappa shape index (κ3) is 3.84. The number of anilines is 1. The minimum atomic E-state index is -0.509. The Labute approximate surface area is 123 Å². The molecule has 2 aromatic rings. The van der Waals surface area contributed by atoms with E-state index in [4.69, 9.17) is 10.5 Å². The van der Waals surface area contributed by atoms with Gasteiger partial charge in [-0.2, -0.15) is 5.10 Å². The summed E-state index contributed by atoms with van der Waals surface area (Å²) in [6, 6.07) is 0. The molecule has 0 aliphatic carbocycles. The molecule has 2 heterocycles. The molecule has 0 aromatic carbocycles. The van der Waals surface area contributed by atoms with E-state index in [2.05, 4.69) is 44.8 Å². The summed E-state index contributed by atoms with van der Waals surface area (Å²) >= 11 is 3.42. The van der Waals surface area contributed by atoms with E-state index in [1.54, 1.807) is 10.9 Å². The zero-order valence-corrected chi connectivity index (χ0v) is 13.8. The van der Waals surface area contributed by atoms with Crippen LogP contribution in [0.3, 0.4) is 0 Å². The van der Waals surface area contributed by atoms with Gasteiger partial charge in [0.2, 0.25) is 0 Å². The second kappa shape index (κ2) is 5.68. The summed E-state index contributed by atoms with van der Waals surface area (Å²) in [5.41, 5.74) is 6.64. The number of aromatic nitrogens is 3. The molecule has 7 heteroatoms. The number of nitrogen functional groups attached to an aromatic ring is 1. The van der Waals surface area contributed by atoms with Crippen molar-refractivity contribution in [3.05, 3.63) is 16.9 Å². The van der Waals surface area contributed by atoms with Crippen LogP contribution in [0.15, 0.2) is 16.9 Å². The first-order valence-corrected chi connectivity index (χ1v) is 9.70. The number of halogens is 1. The van der Waals surface area contributed by atoms with Gasteiger partial charge in [0.05, 0.1) is 16.5 Å². The van der Waals surface area contributed by atoms with Crippen LogP contribution >= 0.6 is 26.0 Å². The van der Waals surface area contributed by atoms with Gasteiger partial charge >= 0.3 is 0 Å². The number of nitrogens with zero attached hydrogens (tertiary/aromatic N) is 3. The normalized spacial score (nSPS) is 13.1. The second-order valence-corrected chi connectivity index (χ2v) is 10.7. The lowest BCUT2D eigenvalue weighted by Crippen LogP contribution is -2.10. The summed E-state index contributed by atoms with van der Waals surface area (Å²) in [6.07, 6.45) is 10.4. The van der Waals surface area contributed by atoms with E-state index in [-0.39, 0.29) is 0 Å². The number of ether oxygens (including phenoxy) is 1. The molecule has 19 heavy (non-hydrogen) atoms. The molecule has 0 saturated heterocycles. The van der Waals surface area contributed by atoms with Crippen LogP contribution in [0.5, 0.6) is 0 Å². The molecule has 0 fully saturated rings. The number of hydrogen-bond acceptors (Lipinski definition) is 4. The lowest BCUT2D eigenvalue weighted by atomic mass is 10.3. The highest BCUT2D eigenvalue weighted by Gasteiger charge is 2.09. The van der Waals surface area contributed by atoms with Crippen molar-refractivity contribution in [2.24, 2.45) is 0 Å². The standard InChI is InChI=1S/C12H19BrN4OS/c1-19(2,3)5-4-18-8-17-7-9-11(16-17)10(13)6-15-12(9)14/h6-7H,4-5,8H2,1-3H3,(H2,14,15). The maximum Gasteiger partial charge on any atom is 0.139 e. The van der Waals surface area contributed by atoms with Crippen molar-refractivity contribution in [1.82, 2.24) is 14.8 Å². The quantitative estimate of drug-likeness (QED) is 0.844. The maximum absolute atomic E-state index is 5.83. The van der Waals surface area contributed by atoms with Gasteiger partial charge in [0.25, 0.3) is 0 Å². The monoisotopic (exact) mass is 346 g/mol. The van der Waals surface area contributed by atoms with Crippen molar-refractivity contribution in [1.29, 1.82) is 0 Å². The molecule has 0 bridgehead atoms. The van der Waals surface area contributed by atoms with Crippen molar-refractivity contribution < 1.29 is 4.74 Å². The Kier molecular flexibility index (Phi) is 4.37. The first-order valence-electron chi connectivity index (χ1n) is 5.88. The Hall–Kier alpha value is -0.790. The Balaban J connectivity index is 2.02. The zero-order valence-electron chi connectivity index (χ0n) is 11.4. The molecule has 5 nitrogen and oxygen atoms in total. The molecule has 2 rings (SSSR count). The molecule has 0 aliphatic rings. The highest BCUT2D eigenvalue weighted by Crippen LogP contribution is 2.33. The highest BCUT2D eigenvalue weighted by atomic mass is 79.9. The zero-order chi connectivity index (χ0) is 14.0. The Bertz CT molecular complexity index is 540. The fourth-order valence-electron chi connectivity index (χ4n) is 1.58. The van der Waals surface area contributed by atoms with Crippen molar-refractivity contribution >= 4 is 42.7 Å². The first-order chi connectivity index (χ1) is 8.87. The summed E-state index contributed by atoms with van der Waals surface area (Å²) in [4.78, 5) is 4.09. The number of rotatable bonds is 5. The molecule has 2 aromatic heterocycles. The minimum Gasteiger partial charge on any atom is -0.383 e. The largest absolute Gasteiger partial charge is 0.383 e. The van der Waals surface area contributed by atoms with Gasteiger partial charge in [-0.15, -0.1) is 0 Å². The average molecular weight is 347 g/mol. The summed E-state index contributed by atoms with van der Waals surface area (Å²) in [5.74, 6) is 1.59. The average Bonchev–Trinajstić information content (AvgIpc) is 2.74. The van der Waals surface area contributed by atoms with Gasteiger partial charge in [-0.3, -0.25) is 0 Å². The molecule has 0 amide bonds. The van der Waals surface area contributed by atoms with Crippen LogP contribution in [0, 0.1) is 0 Å². The number of pyridine rings is 1. The smallest absolute Gasteiger partial charge is 0.139 e. The summed E-state index contributed by atoms with van der Waals surface area (Å²) < 4.78 is 8.25. The van der Waals surface area contributed by atoms with E-state index in [0.29, 0.717) is 12.5 Å². The van der Waals surface area contributed by atoms with Gasteiger partial charge in [0.1, 0.15) is 18.1 Å². The Morgan fingerprint density at radius 1 is 1.42 bits per heavy atom. The van der Waals surface area contributed by atoms with E-state index >= 15 is 0 Å². The van der Waals surface area contributed by atoms with E-state index in [1.165, 1.54) is 0 Å². The van der Waals surface area contributed by atoms with Gasteiger partial charge in [-0.05, 0) is 34.7 Å².